The van der Waals surface area contributed by atoms with E-state index in [-0.39, 0.29) is 21.8 Å². The van der Waals surface area contributed by atoms with Crippen molar-refractivity contribution in [3.63, 3.8) is 0 Å². The first-order valence-electron chi connectivity index (χ1n) is 4.54. The van der Waals surface area contributed by atoms with Crippen LogP contribution in [-0.4, -0.2) is 16.7 Å². The maximum absolute atomic E-state index is 11.5. The van der Waals surface area contributed by atoms with Crippen molar-refractivity contribution in [1.29, 1.82) is 0 Å². The number of hydrogen-bond donors (Lipinski definition) is 0. The lowest BCUT2D eigenvalue weighted by Crippen LogP contribution is -2.26. The number of benzene rings is 1. The first-order chi connectivity index (χ1) is 6.70. The zero-order valence-electron chi connectivity index (χ0n) is 7.95. The minimum absolute atomic E-state index is 0.172. The SMILES string of the molecule is CC(=O)[S+]1CCC(=O)c2ccccc21. The van der Waals surface area contributed by atoms with Gasteiger partial charge in [-0.25, -0.2) is 4.79 Å². The van der Waals surface area contributed by atoms with Crippen LogP contribution in [0.4, 0.5) is 0 Å². The molecule has 0 bridgehead atoms. The van der Waals surface area contributed by atoms with Gasteiger partial charge in [0, 0.05) is 6.92 Å². The Hall–Kier alpha value is -1.09. The van der Waals surface area contributed by atoms with Gasteiger partial charge in [0.15, 0.2) is 10.7 Å². The highest BCUT2D eigenvalue weighted by Crippen LogP contribution is 2.26. The molecule has 72 valence electrons. The van der Waals surface area contributed by atoms with Crippen molar-refractivity contribution in [2.24, 2.45) is 0 Å². The number of carbonyl (C=O) groups is 2. The summed E-state index contributed by atoms with van der Waals surface area (Å²) in [5, 5.41) is 0.185. The van der Waals surface area contributed by atoms with Crippen LogP contribution in [0.15, 0.2) is 29.2 Å². The molecule has 0 spiro atoms. The molecule has 1 atom stereocenters. The van der Waals surface area contributed by atoms with Gasteiger partial charge in [-0.05, 0) is 12.1 Å². The normalized spacial score (nSPS) is 20.4. The zero-order chi connectivity index (χ0) is 10.1. The second kappa shape index (κ2) is 3.58. The summed E-state index contributed by atoms with van der Waals surface area (Å²) in [6.45, 7) is 1.61. The van der Waals surface area contributed by atoms with E-state index in [0.29, 0.717) is 12.2 Å². The van der Waals surface area contributed by atoms with Gasteiger partial charge in [0.25, 0.3) is 0 Å². The van der Waals surface area contributed by atoms with Crippen molar-refractivity contribution in [1.82, 2.24) is 0 Å². The highest BCUT2D eigenvalue weighted by molar-refractivity contribution is 8.11. The first kappa shape index (κ1) is 9.46. The van der Waals surface area contributed by atoms with E-state index < -0.39 is 0 Å². The van der Waals surface area contributed by atoms with E-state index in [1.165, 1.54) is 0 Å². The Morgan fingerprint density at radius 3 is 2.79 bits per heavy atom. The van der Waals surface area contributed by atoms with Gasteiger partial charge in [-0.2, -0.15) is 0 Å². The smallest absolute Gasteiger partial charge is 0.294 e. The standard InChI is InChI=1S/C11H11O2S/c1-8(12)14-7-6-10(13)9-4-2-3-5-11(9)14/h2-5H,6-7H2,1H3/q+1. The number of fused-ring (bicyclic) bond motifs is 1. The second-order valence-electron chi connectivity index (χ2n) is 3.26. The van der Waals surface area contributed by atoms with E-state index in [0.717, 1.165) is 10.5 Å². The quantitative estimate of drug-likeness (QED) is 0.608. The molecule has 1 aliphatic rings. The molecule has 0 radical (unpaired) electrons. The Labute approximate surface area is 85.7 Å². The number of carbonyl (C=O) groups excluding carboxylic acids is 2. The summed E-state index contributed by atoms with van der Waals surface area (Å²) in [6, 6.07) is 7.46. The Bertz CT molecular complexity index is 398. The van der Waals surface area contributed by atoms with E-state index in [1.807, 2.05) is 24.3 Å². The van der Waals surface area contributed by atoms with Gasteiger partial charge in [0.05, 0.1) is 22.9 Å². The van der Waals surface area contributed by atoms with Crippen LogP contribution in [0.3, 0.4) is 0 Å². The largest absolute Gasteiger partial charge is 0.333 e. The van der Waals surface area contributed by atoms with Gasteiger partial charge in [-0.15, -0.1) is 0 Å². The Kier molecular flexibility index (Phi) is 2.42. The summed E-state index contributed by atoms with van der Waals surface area (Å²) in [5.41, 5.74) is 0.747. The fourth-order valence-electron chi connectivity index (χ4n) is 1.65. The van der Waals surface area contributed by atoms with Crippen molar-refractivity contribution in [3.05, 3.63) is 29.8 Å². The number of Topliss-reactive ketones (excluding diaryl/α,β-unsaturated/α-hetero) is 1. The molecule has 2 rings (SSSR count). The molecule has 1 aliphatic heterocycles. The van der Waals surface area contributed by atoms with Gasteiger partial charge < -0.3 is 0 Å². The summed E-state index contributed by atoms with van der Waals surface area (Å²) < 4.78 is 0. The van der Waals surface area contributed by atoms with Crippen LogP contribution in [0.5, 0.6) is 0 Å². The fraction of sp³-hybridized carbons (Fsp3) is 0.273. The monoisotopic (exact) mass is 207 g/mol. The molecule has 0 amide bonds. The summed E-state index contributed by atoms with van der Waals surface area (Å²) in [7, 11) is -0.352. The lowest BCUT2D eigenvalue weighted by molar-refractivity contribution is -0.109. The van der Waals surface area contributed by atoms with E-state index in [1.54, 1.807) is 6.92 Å². The molecule has 2 nitrogen and oxygen atoms in total. The predicted molar refractivity (Wildman–Crippen MR) is 56.6 cm³/mol. The van der Waals surface area contributed by atoms with Crippen molar-refractivity contribution in [2.45, 2.75) is 18.2 Å². The molecule has 14 heavy (non-hydrogen) atoms. The third kappa shape index (κ3) is 1.48. The van der Waals surface area contributed by atoms with Crippen molar-refractivity contribution < 1.29 is 9.59 Å². The molecule has 0 saturated heterocycles. The molecule has 0 saturated carbocycles. The van der Waals surface area contributed by atoms with E-state index in [9.17, 15) is 9.59 Å². The molecule has 1 heterocycles. The summed E-state index contributed by atoms with van der Waals surface area (Å²) >= 11 is 0. The first-order valence-corrected chi connectivity index (χ1v) is 5.93. The van der Waals surface area contributed by atoms with Crippen LogP contribution in [-0.2, 0) is 15.7 Å². The maximum atomic E-state index is 11.5. The van der Waals surface area contributed by atoms with E-state index in [2.05, 4.69) is 0 Å². The highest BCUT2D eigenvalue weighted by atomic mass is 32.2. The Morgan fingerprint density at radius 2 is 2.07 bits per heavy atom. The molecular formula is C11H11O2S+. The van der Waals surface area contributed by atoms with Crippen molar-refractivity contribution >= 4 is 21.8 Å². The van der Waals surface area contributed by atoms with Crippen LogP contribution in [0.25, 0.3) is 0 Å². The Balaban J connectivity index is 2.52. The number of hydrogen-bond acceptors (Lipinski definition) is 2. The van der Waals surface area contributed by atoms with Gasteiger partial charge in [-0.1, -0.05) is 12.1 Å². The maximum Gasteiger partial charge on any atom is 0.333 e. The van der Waals surface area contributed by atoms with Gasteiger partial charge in [-0.3, -0.25) is 4.79 Å². The third-order valence-electron chi connectivity index (χ3n) is 2.33. The summed E-state index contributed by atoms with van der Waals surface area (Å²) in [4.78, 5) is 23.9. The molecule has 0 aromatic heterocycles. The molecule has 0 N–H and O–H groups in total. The highest BCUT2D eigenvalue weighted by Gasteiger charge is 2.37. The van der Waals surface area contributed by atoms with Crippen LogP contribution < -0.4 is 0 Å². The Morgan fingerprint density at radius 1 is 1.36 bits per heavy atom. The van der Waals surface area contributed by atoms with Gasteiger partial charge in [0.2, 0.25) is 0 Å². The van der Waals surface area contributed by atoms with Crippen LogP contribution in [0, 0.1) is 0 Å². The van der Waals surface area contributed by atoms with Crippen LogP contribution >= 0.6 is 0 Å². The van der Waals surface area contributed by atoms with Crippen molar-refractivity contribution in [2.75, 3.05) is 5.75 Å². The number of ketones is 1. The molecule has 3 heteroatoms. The lowest BCUT2D eigenvalue weighted by Gasteiger charge is -2.12. The van der Waals surface area contributed by atoms with Gasteiger partial charge >= 0.3 is 5.12 Å². The van der Waals surface area contributed by atoms with E-state index >= 15 is 0 Å². The van der Waals surface area contributed by atoms with Crippen LogP contribution in [0.1, 0.15) is 23.7 Å². The number of rotatable bonds is 0. The van der Waals surface area contributed by atoms with Crippen LogP contribution in [0.2, 0.25) is 0 Å². The third-order valence-corrected chi connectivity index (χ3v) is 4.53. The van der Waals surface area contributed by atoms with Crippen molar-refractivity contribution in [3.8, 4) is 0 Å². The molecule has 0 fully saturated rings. The average Bonchev–Trinajstić information content (AvgIpc) is 2.18. The molecule has 1 unspecified atom stereocenters. The lowest BCUT2D eigenvalue weighted by atomic mass is 10.1. The molecule has 0 aliphatic carbocycles. The van der Waals surface area contributed by atoms with Gasteiger partial charge in [0.1, 0.15) is 5.75 Å². The minimum atomic E-state index is -0.352. The molecule has 1 aromatic rings. The zero-order valence-corrected chi connectivity index (χ0v) is 8.76. The molecular weight excluding hydrogens is 196 g/mol. The topological polar surface area (TPSA) is 34.1 Å². The second-order valence-corrected chi connectivity index (χ2v) is 5.46. The predicted octanol–water partition coefficient (Wildman–Crippen LogP) is 1.80. The summed E-state index contributed by atoms with van der Waals surface area (Å²) in [6.07, 6.45) is 0.514. The van der Waals surface area contributed by atoms with E-state index in [4.69, 9.17) is 0 Å². The molecule has 1 aromatic carbocycles. The fourth-order valence-corrected chi connectivity index (χ4v) is 3.55. The minimum Gasteiger partial charge on any atom is -0.294 e. The average molecular weight is 207 g/mol. The summed E-state index contributed by atoms with van der Waals surface area (Å²) in [5.74, 6) is 0.871.